The van der Waals surface area contributed by atoms with Gasteiger partial charge < -0.3 is 19.1 Å². The molecule has 0 heterocycles. The molecule has 0 spiro atoms. The quantitative estimate of drug-likeness (QED) is 0.0350. The fourth-order valence-electron chi connectivity index (χ4n) is 8.34. The number of aryl methyl sites for hydroxylation is 4. The zero-order valence-corrected chi connectivity index (χ0v) is 45.3. The summed E-state index contributed by atoms with van der Waals surface area (Å²) in [5.41, 5.74) is 10.1. The summed E-state index contributed by atoms with van der Waals surface area (Å²) in [6, 6.07) is 38.1. The van der Waals surface area contributed by atoms with Crippen molar-refractivity contribution in [1.29, 1.82) is 0 Å². The first-order valence-corrected chi connectivity index (χ1v) is 27.1. The summed E-state index contributed by atoms with van der Waals surface area (Å²) in [6.07, 6.45) is 11.4. The normalized spacial score (nSPS) is 11.2. The van der Waals surface area contributed by atoms with Crippen molar-refractivity contribution in [2.45, 2.75) is 141 Å². The van der Waals surface area contributed by atoms with Crippen molar-refractivity contribution in [3.63, 3.8) is 0 Å². The van der Waals surface area contributed by atoms with E-state index in [1.165, 1.54) is 42.3 Å². The van der Waals surface area contributed by atoms with Crippen LogP contribution in [-0.4, -0.2) is 35.7 Å². The van der Waals surface area contributed by atoms with E-state index in [1.54, 1.807) is 56.8 Å². The topological polar surface area (TPSA) is 77.5 Å². The van der Waals surface area contributed by atoms with E-state index < -0.39 is 0 Å². The second-order valence-electron chi connectivity index (χ2n) is 18.7. The highest BCUT2D eigenvalue weighted by Gasteiger charge is 2.14. The average Bonchev–Trinajstić information content (AvgIpc) is 3.35. The average molecular weight is 1030 g/mol. The van der Waals surface area contributed by atoms with Gasteiger partial charge in [-0.15, -0.1) is 24.4 Å². The number of rotatable bonds is 25. The van der Waals surface area contributed by atoms with E-state index in [4.69, 9.17) is 4.74 Å². The Bertz CT molecular complexity index is 2610. The molecule has 0 radical (unpaired) electrons. The van der Waals surface area contributed by atoms with E-state index >= 15 is 0 Å². The van der Waals surface area contributed by atoms with E-state index in [0.717, 1.165) is 118 Å². The van der Waals surface area contributed by atoms with E-state index in [1.807, 2.05) is 49.4 Å². The number of ether oxygens (including phenoxy) is 1. The largest absolute Gasteiger partial charge is 0.465 e. The number of Topliss-reactive ketones (excluding diaryl/α,β-unsaturated/α-hetero) is 3. The lowest BCUT2D eigenvalue weighted by Gasteiger charge is -2.15. The lowest BCUT2D eigenvalue weighted by Crippen LogP contribution is -2.14. The van der Waals surface area contributed by atoms with Crippen LogP contribution in [0.25, 0.3) is 33.4 Å². The molecule has 0 bridgehead atoms. The van der Waals surface area contributed by atoms with E-state index in [2.05, 4.69) is 56.8 Å². The molecule has 5 nitrogen and oxygen atoms in total. The summed E-state index contributed by atoms with van der Waals surface area (Å²) in [7, 11) is 0. The molecule has 0 aliphatic heterocycles. The van der Waals surface area contributed by atoms with Gasteiger partial charge in [0.15, 0.2) is 0 Å². The standard InChI is InChI=1S/C28H37FO3S.C18H19FO.C17H17FOS/c1-4-6-10-22(5-2)20-32-28(31)16-17-33-26-15-14-23(11-7-9-21(3)30)27(19-26)24-12-8-13-25(29)18-24;1-13-9-10-15(6-3-5-14(2)20)18(11-13)16-7-4-8-17(19)12-16;1-12(19)4-2-5-13-8-9-16(20)11-17(13)14-6-3-7-15(18)10-14/h8,12-15,18-19,22H,4-7,9-11,16-17,20H2,1-3H3;4,7-12H,3,5-6H2,1-2H3;3,6-11,20H,2,4-5H2,1H3. The second-order valence-corrected chi connectivity index (χ2v) is 20.4. The smallest absolute Gasteiger partial charge is 0.306 e. The molecule has 388 valence electrons. The third kappa shape index (κ3) is 22.5. The van der Waals surface area contributed by atoms with Crippen LogP contribution < -0.4 is 0 Å². The summed E-state index contributed by atoms with van der Waals surface area (Å²) in [4.78, 5) is 47.4. The number of hydrogen-bond donors (Lipinski definition) is 1. The van der Waals surface area contributed by atoms with Crippen LogP contribution in [0.4, 0.5) is 13.2 Å². The lowest BCUT2D eigenvalue weighted by molar-refractivity contribution is -0.144. The highest BCUT2D eigenvalue weighted by atomic mass is 32.2. The molecule has 0 saturated carbocycles. The third-order valence-corrected chi connectivity index (χ3v) is 13.6. The van der Waals surface area contributed by atoms with E-state index in [9.17, 15) is 32.3 Å². The number of carbonyl (C=O) groups excluding carboxylic acids is 4. The third-order valence-electron chi connectivity index (χ3n) is 12.4. The van der Waals surface area contributed by atoms with Gasteiger partial charge in [-0.05, 0) is 189 Å². The minimum atomic E-state index is -0.271. The first-order valence-electron chi connectivity index (χ1n) is 25.6. The molecular weight excluding hydrogens is 958 g/mol. The molecule has 6 rings (SSSR count). The maximum Gasteiger partial charge on any atom is 0.306 e. The van der Waals surface area contributed by atoms with Crippen LogP contribution in [0.5, 0.6) is 0 Å². The molecule has 0 amide bonds. The second kappa shape index (κ2) is 32.5. The van der Waals surface area contributed by atoms with Gasteiger partial charge in [0, 0.05) is 34.8 Å². The number of unbranched alkanes of at least 4 members (excludes halogenated alkanes) is 1. The van der Waals surface area contributed by atoms with Crippen molar-refractivity contribution in [2.75, 3.05) is 12.4 Å². The van der Waals surface area contributed by atoms with Crippen LogP contribution in [0.2, 0.25) is 0 Å². The molecule has 1 atom stereocenters. The first-order chi connectivity index (χ1) is 35.0. The highest BCUT2D eigenvalue weighted by Crippen LogP contribution is 2.32. The van der Waals surface area contributed by atoms with Gasteiger partial charge in [0.2, 0.25) is 0 Å². The molecule has 1 unspecified atom stereocenters. The van der Waals surface area contributed by atoms with Gasteiger partial charge in [0.1, 0.15) is 34.8 Å². The Kier molecular flexibility index (Phi) is 26.6. The van der Waals surface area contributed by atoms with Crippen LogP contribution in [0.15, 0.2) is 137 Å². The van der Waals surface area contributed by atoms with Crippen LogP contribution in [0.3, 0.4) is 0 Å². The Balaban J connectivity index is 0.000000250. The molecule has 73 heavy (non-hydrogen) atoms. The Morgan fingerprint density at radius 2 is 1.00 bits per heavy atom. The van der Waals surface area contributed by atoms with Crippen molar-refractivity contribution < 1.29 is 37.1 Å². The minimum absolute atomic E-state index is 0.149. The molecule has 10 heteroatoms. The molecular formula is C63H73F3O5S2. The molecule has 0 aromatic heterocycles. The molecule has 6 aromatic carbocycles. The molecule has 0 saturated heterocycles. The van der Waals surface area contributed by atoms with Gasteiger partial charge >= 0.3 is 5.97 Å². The summed E-state index contributed by atoms with van der Waals surface area (Å²) >= 11 is 5.96. The molecule has 0 N–H and O–H groups in total. The van der Waals surface area contributed by atoms with E-state index in [0.29, 0.717) is 44.0 Å². The number of ketones is 3. The molecule has 0 fully saturated rings. The van der Waals surface area contributed by atoms with Crippen LogP contribution in [-0.2, 0) is 43.2 Å². The summed E-state index contributed by atoms with van der Waals surface area (Å²) in [6.45, 7) is 11.7. The van der Waals surface area contributed by atoms with Crippen molar-refractivity contribution in [1.82, 2.24) is 0 Å². The number of benzene rings is 6. The Morgan fingerprint density at radius 1 is 0.548 bits per heavy atom. The zero-order chi connectivity index (χ0) is 53.1. The summed E-state index contributed by atoms with van der Waals surface area (Å²) in [5.74, 6) is 0.781. The van der Waals surface area contributed by atoms with Gasteiger partial charge in [0.05, 0.1) is 13.0 Å². The van der Waals surface area contributed by atoms with Crippen LogP contribution in [0, 0.1) is 30.3 Å². The van der Waals surface area contributed by atoms with Crippen molar-refractivity contribution >= 4 is 47.7 Å². The fourth-order valence-corrected chi connectivity index (χ4v) is 9.42. The summed E-state index contributed by atoms with van der Waals surface area (Å²) in [5, 5.41) is 0. The Hall–Kier alpha value is -5.71. The Labute approximate surface area is 442 Å². The van der Waals surface area contributed by atoms with Crippen molar-refractivity contribution in [3.8, 4) is 33.4 Å². The Morgan fingerprint density at radius 3 is 1.45 bits per heavy atom. The first kappa shape index (κ1) is 59.8. The number of halogens is 3. The van der Waals surface area contributed by atoms with Gasteiger partial charge in [-0.3, -0.25) is 4.79 Å². The number of thioether (sulfide) groups is 1. The van der Waals surface area contributed by atoms with Crippen LogP contribution in [0.1, 0.15) is 128 Å². The van der Waals surface area contributed by atoms with Crippen molar-refractivity contribution in [2.24, 2.45) is 5.92 Å². The number of carbonyl (C=O) groups is 4. The van der Waals surface area contributed by atoms with Crippen molar-refractivity contribution in [3.05, 3.63) is 167 Å². The van der Waals surface area contributed by atoms with Gasteiger partial charge in [-0.1, -0.05) is 105 Å². The maximum absolute atomic E-state index is 13.9. The predicted molar refractivity (Wildman–Crippen MR) is 298 cm³/mol. The number of hydrogen-bond acceptors (Lipinski definition) is 7. The minimum Gasteiger partial charge on any atom is -0.465 e. The fraction of sp³-hybridized carbons (Fsp3) is 0.365. The van der Waals surface area contributed by atoms with Gasteiger partial charge in [-0.2, -0.15) is 0 Å². The van der Waals surface area contributed by atoms with E-state index in [-0.39, 0.29) is 40.8 Å². The molecule has 0 aliphatic carbocycles. The predicted octanol–water partition coefficient (Wildman–Crippen LogP) is 17.1. The van der Waals surface area contributed by atoms with Gasteiger partial charge in [0.25, 0.3) is 0 Å². The highest BCUT2D eigenvalue weighted by molar-refractivity contribution is 7.99. The lowest BCUT2D eigenvalue weighted by atomic mass is 9.94. The SMILES string of the molecule is CC(=O)CCCc1ccc(C)cc1-c1cccc(F)c1.CC(=O)CCCc1ccc(S)cc1-c1cccc(F)c1.CCCCC(CC)COC(=O)CCSc1ccc(CCCC(C)=O)c(-c2cccc(F)c2)c1. The summed E-state index contributed by atoms with van der Waals surface area (Å²) < 4.78 is 46.1. The zero-order valence-electron chi connectivity index (χ0n) is 43.5. The number of esters is 1. The molecule has 6 aromatic rings. The maximum atomic E-state index is 13.9. The molecule has 0 aliphatic rings. The number of thiol groups is 1. The monoisotopic (exact) mass is 1030 g/mol. The van der Waals surface area contributed by atoms with Crippen LogP contribution >= 0.6 is 24.4 Å². The van der Waals surface area contributed by atoms with Gasteiger partial charge in [-0.25, -0.2) is 13.2 Å².